The number of anilines is 2. The second-order valence-corrected chi connectivity index (χ2v) is 10.6. The smallest absolute Gasteiger partial charge is 0.407 e. The van der Waals surface area contributed by atoms with E-state index in [2.05, 4.69) is 14.6 Å². The van der Waals surface area contributed by atoms with Crippen molar-refractivity contribution in [1.82, 2.24) is 9.88 Å². The highest BCUT2D eigenvalue weighted by atomic mass is 32.2. The molecular formula is C27H24F2N4O5S. The normalized spacial score (nSPS) is 13.9. The third-order valence-corrected chi connectivity index (χ3v) is 7.95. The number of halogens is 2. The number of hydrogen-bond acceptors (Lipinski definition) is 6. The van der Waals surface area contributed by atoms with Crippen molar-refractivity contribution < 1.29 is 31.8 Å². The van der Waals surface area contributed by atoms with E-state index in [1.54, 1.807) is 0 Å². The largest absolute Gasteiger partial charge is 0.480 e. The second kappa shape index (κ2) is 10.4. The SMILES string of the molecule is COc1ncc(-c2ccc3cccc(N4CCN(C(=O)O)CC4)c3c2)cc1NS(=O)(=O)c1ccc(F)cc1F. The number of hydrogen-bond donors (Lipinski definition) is 2. The molecule has 5 rings (SSSR count). The number of nitrogens with zero attached hydrogens (tertiary/aromatic N) is 3. The predicted molar refractivity (Wildman–Crippen MR) is 143 cm³/mol. The Morgan fingerprint density at radius 3 is 2.46 bits per heavy atom. The fourth-order valence-corrected chi connectivity index (χ4v) is 5.70. The van der Waals surface area contributed by atoms with Gasteiger partial charge in [0.1, 0.15) is 22.2 Å². The fraction of sp³-hybridized carbons (Fsp3) is 0.185. The van der Waals surface area contributed by atoms with Crippen molar-refractivity contribution >= 4 is 38.3 Å². The Balaban J connectivity index is 1.50. The number of carbonyl (C=O) groups is 1. The molecule has 0 radical (unpaired) electrons. The Morgan fingerprint density at radius 2 is 1.77 bits per heavy atom. The molecular weight excluding hydrogens is 530 g/mol. The zero-order chi connectivity index (χ0) is 27.7. The number of carboxylic acid groups (broad SMARTS) is 1. The van der Waals surface area contributed by atoms with Gasteiger partial charge in [0.05, 0.1) is 7.11 Å². The first-order chi connectivity index (χ1) is 18.7. The Hall–Kier alpha value is -4.45. The van der Waals surface area contributed by atoms with Crippen LogP contribution < -0.4 is 14.4 Å². The van der Waals surface area contributed by atoms with E-state index < -0.39 is 32.6 Å². The van der Waals surface area contributed by atoms with Crippen molar-refractivity contribution in [3.8, 4) is 17.0 Å². The van der Waals surface area contributed by atoms with Gasteiger partial charge in [-0.2, -0.15) is 0 Å². The van der Waals surface area contributed by atoms with E-state index in [0.29, 0.717) is 37.8 Å². The maximum atomic E-state index is 14.2. The molecule has 0 bridgehead atoms. The van der Waals surface area contributed by atoms with Gasteiger partial charge in [0.2, 0.25) is 5.88 Å². The molecule has 4 aromatic rings. The number of rotatable bonds is 6. The Kier molecular flexibility index (Phi) is 6.96. The van der Waals surface area contributed by atoms with Gasteiger partial charge >= 0.3 is 6.09 Å². The molecule has 1 amide bonds. The van der Waals surface area contributed by atoms with Crippen LogP contribution in [0.25, 0.3) is 21.9 Å². The minimum absolute atomic E-state index is 0.0168. The standard InChI is InChI=1S/C27H24F2N4O5S/c1-38-26-23(31-39(36,37)25-8-7-20(28)15-22(25)29)14-19(16-30-26)18-6-5-17-3-2-4-24(21(17)13-18)32-9-11-33(12-10-32)27(34)35/h2-8,13-16,31H,9-12H2,1H3,(H,34,35). The van der Waals surface area contributed by atoms with E-state index in [1.165, 1.54) is 24.3 Å². The molecule has 0 unspecified atom stereocenters. The van der Waals surface area contributed by atoms with Crippen molar-refractivity contribution in [2.75, 3.05) is 42.9 Å². The topological polar surface area (TPSA) is 112 Å². The van der Waals surface area contributed by atoms with E-state index in [0.717, 1.165) is 34.2 Å². The van der Waals surface area contributed by atoms with Crippen LogP contribution in [-0.4, -0.2) is 62.8 Å². The highest BCUT2D eigenvalue weighted by Crippen LogP contribution is 2.35. The summed E-state index contributed by atoms with van der Waals surface area (Å²) in [4.78, 5) is 18.3. The molecule has 2 N–H and O–H groups in total. The van der Waals surface area contributed by atoms with Crippen LogP contribution in [-0.2, 0) is 10.0 Å². The first-order valence-corrected chi connectivity index (χ1v) is 13.4. The molecule has 1 fully saturated rings. The molecule has 0 spiro atoms. The number of amides is 1. The van der Waals surface area contributed by atoms with E-state index >= 15 is 0 Å². The molecule has 202 valence electrons. The minimum Gasteiger partial charge on any atom is -0.480 e. The van der Waals surface area contributed by atoms with E-state index in [4.69, 9.17) is 4.74 Å². The van der Waals surface area contributed by atoms with Gasteiger partial charge in [-0.3, -0.25) is 4.72 Å². The summed E-state index contributed by atoms with van der Waals surface area (Å²) in [5.74, 6) is -2.15. The van der Waals surface area contributed by atoms with Gasteiger partial charge in [-0.25, -0.2) is 27.0 Å². The molecule has 1 aromatic heterocycles. The number of methoxy groups -OCH3 is 1. The molecule has 3 aromatic carbocycles. The molecule has 0 atom stereocenters. The third kappa shape index (κ3) is 5.28. The van der Waals surface area contributed by atoms with Crippen LogP contribution in [0.3, 0.4) is 0 Å². The summed E-state index contributed by atoms with van der Waals surface area (Å²) in [6.45, 7) is 1.88. The lowest BCUT2D eigenvalue weighted by molar-refractivity contribution is 0.142. The Morgan fingerprint density at radius 1 is 1.00 bits per heavy atom. The number of pyridine rings is 1. The first kappa shape index (κ1) is 26.2. The van der Waals surface area contributed by atoms with Crippen molar-refractivity contribution in [2.45, 2.75) is 4.90 Å². The van der Waals surface area contributed by atoms with Crippen LogP contribution in [0.4, 0.5) is 25.0 Å². The lowest BCUT2D eigenvalue weighted by Gasteiger charge is -2.35. The van der Waals surface area contributed by atoms with Gasteiger partial charge in [-0.1, -0.05) is 24.3 Å². The average molecular weight is 555 g/mol. The Bertz CT molecular complexity index is 1670. The van der Waals surface area contributed by atoms with Crippen LogP contribution in [0.1, 0.15) is 0 Å². The highest BCUT2D eigenvalue weighted by molar-refractivity contribution is 7.92. The number of benzene rings is 3. The zero-order valence-electron chi connectivity index (χ0n) is 20.8. The third-order valence-electron chi connectivity index (χ3n) is 6.56. The van der Waals surface area contributed by atoms with Gasteiger partial charge < -0.3 is 19.6 Å². The second-order valence-electron chi connectivity index (χ2n) is 8.93. The van der Waals surface area contributed by atoms with Crippen molar-refractivity contribution in [2.24, 2.45) is 0 Å². The number of fused-ring (bicyclic) bond motifs is 1. The van der Waals surface area contributed by atoms with Gasteiger partial charge in [0, 0.05) is 55.1 Å². The van der Waals surface area contributed by atoms with E-state index in [9.17, 15) is 27.1 Å². The molecule has 0 saturated carbocycles. The fourth-order valence-electron chi connectivity index (χ4n) is 4.59. The molecule has 1 aliphatic rings. The van der Waals surface area contributed by atoms with Crippen molar-refractivity contribution in [3.63, 3.8) is 0 Å². The van der Waals surface area contributed by atoms with Crippen LogP contribution in [0.5, 0.6) is 5.88 Å². The van der Waals surface area contributed by atoms with Gasteiger partial charge in [0.15, 0.2) is 0 Å². The lowest BCUT2D eigenvalue weighted by Crippen LogP contribution is -2.48. The molecule has 1 saturated heterocycles. The quantitative estimate of drug-likeness (QED) is 0.353. The van der Waals surface area contributed by atoms with Crippen molar-refractivity contribution in [1.29, 1.82) is 0 Å². The van der Waals surface area contributed by atoms with Gasteiger partial charge in [-0.05, 0) is 41.3 Å². The van der Waals surface area contributed by atoms with E-state index in [1.807, 2.05) is 36.4 Å². The molecule has 2 heterocycles. The minimum atomic E-state index is -4.42. The van der Waals surface area contributed by atoms with Gasteiger partial charge in [0.25, 0.3) is 10.0 Å². The number of sulfonamides is 1. The summed E-state index contributed by atoms with van der Waals surface area (Å²) in [5.41, 5.74) is 2.24. The average Bonchev–Trinajstić information content (AvgIpc) is 2.92. The number of aromatic nitrogens is 1. The van der Waals surface area contributed by atoms with Crippen LogP contribution in [0.2, 0.25) is 0 Å². The monoisotopic (exact) mass is 554 g/mol. The van der Waals surface area contributed by atoms with E-state index in [-0.39, 0.29) is 11.6 Å². The molecule has 1 aliphatic heterocycles. The number of nitrogens with one attached hydrogen (secondary N) is 1. The Labute approximate surface area is 223 Å². The summed E-state index contributed by atoms with van der Waals surface area (Å²) >= 11 is 0. The van der Waals surface area contributed by atoms with Gasteiger partial charge in [-0.15, -0.1) is 0 Å². The predicted octanol–water partition coefficient (Wildman–Crippen LogP) is 4.79. The maximum Gasteiger partial charge on any atom is 0.407 e. The summed E-state index contributed by atoms with van der Waals surface area (Å²) in [6, 6.07) is 15.4. The highest BCUT2D eigenvalue weighted by Gasteiger charge is 2.23. The van der Waals surface area contributed by atoms with Crippen LogP contribution in [0, 0.1) is 11.6 Å². The van der Waals surface area contributed by atoms with Crippen LogP contribution >= 0.6 is 0 Å². The number of piperazine rings is 1. The molecule has 12 heteroatoms. The summed E-state index contributed by atoms with van der Waals surface area (Å²) in [5, 5.41) is 11.2. The van der Waals surface area contributed by atoms with Crippen LogP contribution in [0.15, 0.2) is 71.8 Å². The number of ether oxygens (including phenoxy) is 1. The summed E-state index contributed by atoms with van der Waals surface area (Å²) in [6.07, 6.45) is 0.597. The zero-order valence-corrected chi connectivity index (χ0v) is 21.6. The maximum absolute atomic E-state index is 14.2. The summed E-state index contributed by atoms with van der Waals surface area (Å²) in [7, 11) is -3.10. The molecule has 39 heavy (non-hydrogen) atoms. The molecule has 9 nitrogen and oxygen atoms in total. The molecule has 0 aliphatic carbocycles. The van der Waals surface area contributed by atoms with Crippen molar-refractivity contribution in [3.05, 3.63) is 78.5 Å². The first-order valence-electron chi connectivity index (χ1n) is 11.9. The lowest BCUT2D eigenvalue weighted by atomic mass is 10.0. The summed E-state index contributed by atoms with van der Waals surface area (Å²) < 4.78 is 60.9.